The number of nitrogens with zero attached hydrogens (tertiary/aromatic N) is 2. The van der Waals surface area contributed by atoms with Gasteiger partial charge in [0.25, 0.3) is 0 Å². The van der Waals surface area contributed by atoms with Crippen LogP contribution in [0.1, 0.15) is 78.7 Å². The van der Waals surface area contributed by atoms with E-state index in [1.54, 1.807) is 45.1 Å². The molecule has 0 radical (unpaired) electrons. The zero-order valence-electron chi connectivity index (χ0n) is 25.1. The van der Waals surface area contributed by atoms with E-state index in [9.17, 15) is 19.2 Å². The van der Waals surface area contributed by atoms with Crippen molar-refractivity contribution >= 4 is 18.1 Å². The van der Waals surface area contributed by atoms with E-state index in [1.165, 1.54) is 25.0 Å². The van der Waals surface area contributed by atoms with E-state index in [1.807, 2.05) is 0 Å². The minimum absolute atomic E-state index is 0.0289. The number of hydrogen-bond donors (Lipinski definition) is 5. The SMILES string of the molecule is C=C(C)C(\C=C/C(C)=C(N)\C(NN(O)CCc1ccc(F)cc1)=C(\C)N)=NC=O.CCC.O=C(O)C1CCCCC1. The van der Waals surface area contributed by atoms with Gasteiger partial charge in [0.1, 0.15) is 5.82 Å². The zero-order chi connectivity index (χ0) is 31.4. The summed E-state index contributed by atoms with van der Waals surface area (Å²) < 4.78 is 13.0. The Kier molecular flexibility index (Phi) is 19.1. The van der Waals surface area contributed by atoms with Gasteiger partial charge in [-0.3, -0.25) is 20.2 Å². The molecule has 10 heteroatoms. The topological polar surface area (TPSA) is 154 Å². The van der Waals surface area contributed by atoms with Crippen molar-refractivity contribution in [3.8, 4) is 0 Å². The lowest BCUT2D eigenvalue weighted by Crippen LogP contribution is -2.39. The molecule has 1 aliphatic rings. The van der Waals surface area contributed by atoms with E-state index in [0.717, 1.165) is 36.4 Å². The van der Waals surface area contributed by atoms with Gasteiger partial charge in [-0.05, 0) is 75.0 Å². The first-order valence-corrected chi connectivity index (χ1v) is 13.9. The smallest absolute Gasteiger partial charge is 0.306 e. The number of amides is 1. The third-order valence-electron chi connectivity index (χ3n) is 5.93. The number of rotatable bonds is 11. The van der Waals surface area contributed by atoms with E-state index in [2.05, 4.69) is 30.8 Å². The number of benzene rings is 1. The first-order chi connectivity index (χ1) is 19.4. The first-order valence-electron chi connectivity index (χ1n) is 13.9. The summed E-state index contributed by atoms with van der Waals surface area (Å²) in [6.45, 7) is 13.4. The Hall–Kier alpha value is -3.76. The van der Waals surface area contributed by atoms with Crippen LogP contribution >= 0.6 is 0 Å². The molecular weight excluding hydrogens is 525 g/mol. The molecule has 1 aliphatic carbocycles. The Balaban J connectivity index is 0.00000110. The Morgan fingerprint density at radius 3 is 2.12 bits per heavy atom. The Labute approximate surface area is 244 Å². The van der Waals surface area contributed by atoms with Gasteiger partial charge in [-0.1, -0.05) is 64.3 Å². The molecule has 0 aliphatic heterocycles. The number of carbonyl (C=O) groups is 2. The number of nitrogens with one attached hydrogen (secondary N) is 1. The summed E-state index contributed by atoms with van der Waals surface area (Å²) in [6.07, 6.45) is 10.7. The molecule has 9 nitrogen and oxygen atoms in total. The minimum atomic E-state index is -0.602. The van der Waals surface area contributed by atoms with Crippen LogP contribution in [0.25, 0.3) is 0 Å². The van der Waals surface area contributed by atoms with Crippen LogP contribution in [0.2, 0.25) is 0 Å². The number of nitrogens with two attached hydrogens (primary N) is 2. The van der Waals surface area contributed by atoms with E-state index >= 15 is 0 Å². The predicted molar refractivity (Wildman–Crippen MR) is 163 cm³/mol. The number of carbonyl (C=O) groups excluding carboxylic acids is 1. The lowest BCUT2D eigenvalue weighted by atomic mass is 9.90. The van der Waals surface area contributed by atoms with Crippen molar-refractivity contribution in [1.29, 1.82) is 0 Å². The van der Waals surface area contributed by atoms with Crippen LogP contribution in [-0.2, 0) is 16.0 Å². The van der Waals surface area contributed by atoms with Gasteiger partial charge in [0.15, 0.2) is 0 Å². The van der Waals surface area contributed by atoms with Gasteiger partial charge in [0.2, 0.25) is 6.41 Å². The summed E-state index contributed by atoms with van der Waals surface area (Å²) in [5, 5.41) is 19.6. The van der Waals surface area contributed by atoms with Crippen molar-refractivity contribution in [1.82, 2.24) is 10.6 Å². The molecule has 0 atom stereocenters. The summed E-state index contributed by atoms with van der Waals surface area (Å²) >= 11 is 0. The maximum atomic E-state index is 13.0. The van der Waals surface area contributed by atoms with Crippen molar-refractivity contribution in [2.75, 3.05) is 6.54 Å². The van der Waals surface area contributed by atoms with Crippen LogP contribution in [0.5, 0.6) is 0 Å². The van der Waals surface area contributed by atoms with Crippen molar-refractivity contribution in [2.24, 2.45) is 22.4 Å². The second-order valence-corrected chi connectivity index (χ2v) is 9.88. The highest BCUT2D eigenvalue weighted by Gasteiger charge is 2.19. The van der Waals surface area contributed by atoms with Gasteiger partial charge in [0, 0.05) is 12.2 Å². The predicted octanol–water partition coefficient (Wildman–Crippen LogP) is 5.78. The van der Waals surface area contributed by atoms with Crippen molar-refractivity contribution in [3.05, 3.63) is 82.6 Å². The molecule has 1 amide bonds. The number of halogens is 1. The highest BCUT2D eigenvalue weighted by atomic mass is 19.1. The number of carboxylic acid groups (broad SMARTS) is 1. The number of aliphatic carboxylic acids is 1. The lowest BCUT2D eigenvalue weighted by Gasteiger charge is -2.21. The molecule has 0 aromatic heterocycles. The fraction of sp³-hybridized carbons (Fsp3) is 0.452. The van der Waals surface area contributed by atoms with E-state index in [4.69, 9.17) is 16.6 Å². The molecular formula is C31H48FN5O4. The Bertz CT molecular complexity index is 1080. The minimum Gasteiger partial charge on any atom is -0.481 e. The molecule has 7 N–H and O–H groups in total. The molecule has 41 heavy (non-hydrogen) atoms. The van der Waals surface area contributed by atoms with E-state index in [-0.39, 0.29) is 18.3 Å². The molecule has 1 aromatic rings. The van der Waals surface area contributed by atoms with Gasteiger partial charge in [-0.2, -0.15) is 0 Å². The summed E-state index contributed by atoms with van der Waals surface area (Å²) in [5.74, 6) is -0.945. The summed E-state index contributed by atoms with van der Waals surface area (Å²) in [7, 11) is 0. The maximum absolute atomic E-state index is 13.0. The molecule has 228 valence electrons. The normalized spacial score (nSPS) is 15.1. The second kappa shape index (κ2) is 21.0. The molecule has 0 unspecified atom stereocenters. The molecule has 0 spiro atoms. The van der Waals surface area contributed by atoms with E-state index < -0.39 is 5.97 Å². The molecule has 1 fully saturated rings. The van der Waals surface area contributed by atoms with Crippen LogP contribution in [0, 0.1) is 11.7 Å². The number of allylic oxidation sites excluding steroid dienone is 5. The molecule has 2 rings (SSSR count). The molecule has 1 saturated carbocycles. The zero-order valence-corrected chi connectivity index (χ0v) is 25.1. The molecule has 1 aromatic carbocycles. The highest BCUT2D eigenvalue weighted by Crippen LogP contribution is 2.23. The first kappa shape index (κ1) is 37.2. The van der Waals surface area contributed by atoms with Crippen molar-refractivity contribution in [3.63, 3.8) is 0 Å². The average molecular weight is 574 g/mol. The van der Waals surface area contributed by atoms with Crippen LogP contribution < -0.4 is 16.9 Å². The Morgan fingerprint density at radius 1 is 1.12 bits per heavy atom. The van der Waals surface area contributed by atoms with Gasteiger partial charge < -0.3 is 16.6 Å². The van der Waals surface area contributed by atoms with Crippen molar-refractivity contribution < 1.29 is 24.3 Å². The number of carboxylic acids is 1. The van der Waals surface area contributed by atoms with E-state index in [0.29, 0.717) is 46.8 Å². The number of hydrogen-bond acceptors (Lipinski definition) is 7. The fourth-order valence-electron chi connectivity index (χ4n) is 3.62. The molecule has 0 bridgehead atoms. The van der Waals surface area contributed by atoms with Gasteiger partial charge >= 0.3 is 5.97 Å². The van der Waals surface area contributed by atoms with Crippen LogP contribution in [0.4, 0.5) is 4.39 Å². The standard InChI is InChI=1S/C21H28FN5O2.C7H12O2.C3H8/c1-14(2)19(25-13-28)10-5-15(3)20(24)21(16(4)23)26-27(29)12-11-17-6-8-18(22)9-7-17;8-7(9)6-4-2-1-3-5-6;1-3-2/h5-10,13,26,29H,1,11-12,23-24H2,2-4H3;6H,1-5H2,(H,8,9);3H2,1-2H3/b10-5-,20-15+,21-16+,25-19?;;. The second-order valence-electron chi connectivity index (χ2n) is 9.88. The average Bonchev–Trinajstić information content (AvgIpc) is 2.94. The van der Waals surface area contributed by atoms with Gasteiger partial charge in [-0.15, -0.1) is 5.17 Å². The van der Waals surface area contributed by atoms with Gasteiger partial charge in [0.05, 0.1) is 23.0 Å². The fourth-order valence-corrected chi connectivity index (χ4v) is 3.62. The number of hydrazine groups is 1. The third kappa shape index (κ3) is 16.2. The number of aliphatic imine (C=N–C) groups is 1. The summed E-state index contributed by atoms with van der Waals surface area (Å²) in [6, 6.07) is 6.03. The van der Waals surface area contributed by atoms with Crippen LogP contribution in [0.15, 0.2) is 76.2 Å². The molecule has 0 heterocycles. The molecule has 0 saturated heterocycles. The largest absolute Gasteiger partial charge is 0.481 e. The van der Waals surface area contributed by atoms with Crippen LogP contribution in [-0.4, -0.2) is 40.1 Å². The maximum Gasteiger partial charge on any atom is 0.306 e. The Morgan fingerprint density at radius 2 is 1.68 bits per heavy atom. The highest BCUT2D eigenvalue weighted by molar-refractivity contribution is 6.10. The quantitative estimate of drug-likeness (QED) is 0.0965. The lowest BCUT2D eigenvalue weighted by molar-refractivity contribution is -0.142. The van der Waals surface area contributed by atoms with Crippen LogP contribution in [0.3, 0.4) is 0 Å². The summed E-state index contributed by atoms with van der Waals surface area (Å²) in [4.78, 5) is 24.7. The van der Waals surface area contributed by atoms with Crippen molar-refractivity contribution in [2.45, 2.75) is 79.6 Å². The van der Waals surface area contributed by atoms with Gasteiger partial charge in [-0.25, -0.2) is 9.38 Å². The number of hydroxylamine groups is 1. The third-order valence-corrected chi connectivity index (χ3v) is 5.93. The summed E-state index contributed by atoms with van der Waals surface area (Å²) in [5.41, 5.74) is 18.5. The monoisotopic (exact) mass is 573 g/mol.